The van der Waals surface area contributed by atoms with Crippen molar-refractivity contribution in [3.63, 3.8) is 0 Å². The molecule has 0 bridgehead atoms. The molecule has 1 aromatic carbocycles. The van der Waals surface area contributed by atoms with Gasteiger partial charge in [0.2, 0.25) is 5.91 Å². The fourth-order valence-corrected chi connectivity index (χ4v) is 2.21. The summed E-state index contributed by atoms with van der Waals surface area (Å²) in [4.78, 5) is 34.5. The number of carboxylic acids is 2. The topological polar surface area (TPSA) is 107 Å². The van der Waals surface area contributed by atoms with Gasteiger partial charge in [-0.25, -0.2) is 0 Å². The highest BCUT2D eigenvalue weighted by atomic mass is 16.4. The van der Waals surface area contributed by atoms with Gasteiger partial charge in [-0.05, 0) is 11.6 Å². The minimum atomic E-state index is -1.24. The third-order valence-corrected chi connectivity index (χ3v) is 3.03. The van der Waals surface area contributed by atoms with Crippen LogP contribution < -0.4 is 5.32 Å². The summed E-state index contributed by atoms with van der Waals surface area (Å²) in [6.07, 6.45) is 0.421. The number of aliphatic carboxylic acids is 2. The van der Waals surface area contributed by atoms with Gasteiger partial charge in [-0.15, -0.1) is 0 Å². The van der Waals surface area contributed by atoms with Crippen LogP contribution in [0, 0.1) is 0 Å². The summed E-state index contributed by atoms with van der Waals surface area (Å²) in [5.74, 6) is -3.00. The number of benzene rings is 1. The second-order valence-electron chi connectivity index (χ2n) is 4.54. The van der Waals surface area contributed by atoms with E-state index >= 15 is 0 Å². The van der Waals surface area contributed by atoms with E-state index < -0.39 is 37.0 Å². The summed E-state index contributed by atoms with van der Waals surface area (Å²) >= 11 is 0. The maximum Gasteiger partial charge on any atom is 0.323 e. The van der Waals surface area contributed by atoms with E-state index in [2.05, 4.69) is 5.32 Å². The summed E-state index contributed by atoms with van der Waals surface area (Å²) in [7, 11) is 0. The maximum absolute atomic E-state index is 12.2. The molecule has 106 valence electrons. The number of carbonyl (C=O) groups excluding carboxylic acids is 1. The number of para-hydroxylation sites is 1. The molecule has 0 radical (unpaired) electrons. The third kappa shape index (κ3) is 3.05. The molecular weight excluding hydrogens is 264 g/mol. The summed E-state index contributed by atoms with van der Waals surface area (Å²) in [6, 6.07) is 6.74. The average Bonchev–Trinajstić information content (AvgIpc) is 2.79. The molecule has 2 rings (SSSR count). The predicted octanol–water partition coefficient (Wildman–Crippen LogP) is 0.0210. The molecule has 1 atom stereocenters. The molecule has 1 aliphatic heterocycles. The Balaban J connectivity index is 2.09. The number of carboxylic acid groups (broad SMARTS) is 2. The van der Waals surface area contributed by atoms with Crippen molar-refractivity contribution in [2.75, 3.05) is 18.4 Å². The zero-order valence-corrected chi connectivity index (χ0v) is 10.6. The van der Waals surface area contributed by atoms with E-state index in [1.165, 1.54) is 0 Å². The first-order valence-corrected chi connectivity index (χ1v) is 6.04. The van der Waals surface area contributed by atoms with Crippen molar-refractivity contribution >= 4 is 23.5 Å². The molecule has 1 aliphatic rings. The van der Waals surface area contributed by atoms with Crippen molar-refractivity contribution in [2.24, 2.45) is 0 Å². The Hall–Kier alpha value is -2.57. The van der Waals surface area contributed by atoms with Crippen LogP contribution in [-0.2, 0) is 20.8 Å². The van der Waals surface area contributed by atoms with E-state index in [9.17, 15) is 14.4 Å². The van der Waals surface area contributed by atoms with E-state index in [4.69, 9.17) is 10.2 Å². The summed E-state index contributed by atoms with van der Waals surface area (Å²) < 4.78 is 0. The van der Waals surface area contributed by atoms with Crippen LogP contribution in [0.3, 0.4) is 0 Å². The van der Waals surface area contributed by atoms with Crippen molar-refractivity contribution in [3.8, 4) is 0 Å². The first kappa shape index (κ1) is 13.9. The Labute approximate surface area is 114 Å². The predicted molar refractivity (Wildman–Crippen MR) is 69.4 cm³/mol. The van der Waals surface area contributed by atoms with Gasteiger partial charge in [-0.2, -0.15) is 0 Å². The highest BCUT2D eigenvalue weighted by Gasteiger charge is 2.31. The molecule has 1 heterocycles. The van der Waals surface area contributed by atoms with Crippen LogP contribution in [0.2, 0.25) is 0 Å². The molecule has 0 fully saturated rings. The maximum atomic E-state index is 12.2. The van der Waals surface area contributed by atoms with Crippen LogP contribution >= 0.6 is 0 Å². The second-order valence-corrected chi connectivity index (χ2v) is 4.54. The van der Waals surface area contributed by atoms with E-state index in [0.29, 0.717) is 6.42 Å². The Morgan fingerprint density at radius 2 is 1.75 bits per heavy atom. The summed E-state index contributed by atoms with van der Waals surface area (Å²) in [5, 5.41) is 20.5. The molecule has 7 heteroatoms. The summed E-state index contributed by atoms with van der Waals surface area (Å²) in [6.45, 7) is -1.25. The molecular formula is C13H14N2O5. The highest BCUT2D eigenvalue weighted by molar-refractivity contribution is 5.91. The van der Waals surface area contributed by atoms with E-state index in [-0.39, 0.29) is 0 Å². The van der Waals surface area contributed by atoms with Crippen LogP contribution in [0.4, 0.5) is 5.69 Å². The number of nitrogens with one attached hydrogen (secondary N) is 1. The molecule has 7 nitrogen and oxygen atoms in total. The normalized spacial score (nSPS) is 16.1. The van der Waals surface area contributed by atoms with Gasteiger partial charge in [-0.1, -0.05) is 18.2 Å². The third-order valence-electron chi connectivity index (χ3n) is 3.03. The molecule has 0 aromatic heterocycles. The van der Waals surface area contributed by atoms with Crippen LogP contribution in [0.25, 0.3) is 0 Å². The minimum absolute atomic E-state index is 0.421. The Bertz CT molecular complexity index is 516. The largest absolute Gasteiger partial charge is 0.480 e. The lowest BCUT2D eigenvalue weighted by atomic mass is 10.1. The van der Waals surface area contributed by atoms with Gasteiger partial charge in [-0.3, -0.25) is 14.4 Å². The quantitative estimate of drug-likeness (QED) is 0.701. The van der Waals surface area contributed by atoms with Crippen LogP contribution in [0.5, 0.6) is 0 Å². The molecule has 1 aromatic rings. The fraction of sp³-hybridized carbons (Fsp3) is 0.308. The molecule has 1 amide bonds. The number of rotatable bonds is 5. The zero-order valence-electron chi connectivity index (χ0n) is 10.6. The van der Waals surface area contributed by atoms with Crippen molar-refractivity contribution in [3.05, 3.63) is 29.8 Å². The van der Waals surface area contributed by atoms with Crippen molar-refractivity contribution in [1.82, 2.24) is 4.90 Å². The Morgan fingerprint density at radius 3 is 2.30 bits per heavy atom. The molecule has 0 spiro atoms. The average molecular weight is 278 g/mol. The van der Waals surface area contributed by atoms with Crippen LogP contribution in [0.15, 0.2) is 24.3 Å². The lowest BCUT2D eigenvalue weighted by Gasteiger charge is -2.22. The van der Waals surface area contributed by atoms with Crippen LogP contribution in [-0.4, -0.2) is 52.1 Å². The summed E-state index contributed by atoms with van der Waals surface area (Å²) in [5.41, 5.74) is 1.77. The van der Waals surface area contributed by atoms with E-state index in [0.717, 1.165) is 16.2 Å². The van der Waals surface area contributed by atoms with Gasteiger partial charge < -0.3 is 20.4 Å². The Kier molecular flexibility index (Phi) is 3.88. The number of hydrogen-bond donors (Lipinski definition) is 3. The highest BCUT2D eigenvalue weighted by Crippen LogP contribution is 2.25. The number of hydrogen-bond acceptors (Lipinski definition) is 4. The standard InChI is InChI=1S/C13H14N2O5/c16-11(17)6-15(7-12(18)19)13(20)10-5-8-3-1-2-4-9(8)14-10/h1-4,10,14H,5-7H2,(H,16,17)(H,18,19). The monoisotopic (exact) mass is 278 g/mol. The SMILES string of the molecule is O=C(O)CN(CC(=O)O)C(=O)C1Cc2ccccc2N1. The molecule has 20 heavy (non-hydrogen) atoms. The fourth-order valence-electron chi connectivity index (χ4n) is 2.21. The van der Waals surface area contributed by atoms with Crippen molar-refractivity contribution in [1.29, 1.82) is 0 Å². The molecule has 1 unspecified atom stereocenters. The van der Waals surface area contributed by atoms with E-state index in [1.807, 2.05) is 24.3 Å². The molecule has 0 saturated carbocycles. The number of fused-ring (bicyclic) bond motifs is 1. The van der Waals surface area contributed by atoms with Crippen molar-refractivity contribution < 1.29 is 24.6 Å². The molecule has 0 aliphatic carbocycles. The molecule has 3 N–H and O–H groups in total. The van der Waals surface area contributed by atoms with E-state index in [1.54, 1.807) is 0 Å². The minimum Gasteiger partial charge on any atom is -0.480 e. The molecule has 0 saturated heterocycles. The zero-order chi connectivity index (χ0) is 14.7. The first-order chi connectivity index (χ1) is 9.47. The number of nitrogens with zero attached hydrogens (tertiary/aromatic N) is 1. The van der Waals surface area contributed by atoms with Gasteiger partial charge in [0.15, 0.2) is 0 Å². The second kappa shape index (κ2) is 5.60. The lowest BCUT2D eigenvalue weighted by molar-refractivity contribution is -0.149. The van der Waals surface area contributed by atoms with Gasteiger partial charge in [0, 0.05) is 12.1 Å². The smallest absolute Gasteiger partial charge is 0.323 e. The van der Waals surface area contributed by atoms with Gasteiger partial charge in [0.05, 0.1) is 0 Å². The number of anilines is 1. The number of carbonyl (C=O) groups is 3. The van der Waals surface area contributed by atoms with Crippen molar-refractivity contribution in [2.45, 2.75) is 12.5 Å². The Morgan fingerprint density at radius 1 is 1.15 bits per heavy atom. The van der Waals surface area contributed by atoms with Gasteiger partial charge in [0.25, 0.3) is 0 Å². The first-order valence-electron chi connectivity index (χ1n) is 6.04. The van der Waals surface area contributed by atoms with Gasteiger partial charge >= 0.3 is 11.9 Å². The lowest BCUT2D eigenvalue weighted by Crippen LogP contribution is -2.46. The number of amides is 1. The van der Waals surface area contributed by atoms with Gasteiger partial charge in [0.1, 0.15) is 19.1 Å². The van der Waals surface area contributed by atoms with Crippen LogP contribution in [0.1, 0.15) is 5.56 Å².